The second kappa shape index (κ2) is 8.22. The lowest BCUT2D eigenvalue weighted by Crippen LogP contribution is -2.58. The molecule has 1 saturated carbocycles. The van der Waals surface area contributed by atoms with Crippen LogP contribution in [0.1, 0.15) is 49.1 Å². The highest BCUT2D eigenvalue weighted by molar-refractivity contribution is 9.10. The molecule has 1 N–H and O–H groups in total. The molecule has 7 heteroatoms. The number of aryl methyl sites for hydroxylation is 1. The lowest BCUT2D eigenvalue weighted by Gasteiger charge is -2.35. The number of carbonyl (C=O) groups is 3. The average molecular weight is 470 g/mol. The van der Waals surface area contributed by atoms with Gasteiger partial charge in [-0.3, -0.25) is 19.8 Å². The third-order valence-corrected chi connectivity index (χ3v) is 6.46. The van der Waals surface area contributed by atoms with Crippen molar-refractivity contribution in [3.63, 3.8) is 0 Å². The summed E-state index contributed by atoms with van der Waals surface area (Å²) in [6.07, 6.45) is 6.28. The van der Waals surface area contributed by atoms with Crippen LogP contribution in [0.15, 0.2) is 40.4 Å². The average Bonchev–Trinajstić information content (AvgIpc) is 3.00. The molecule has 2 aliphatic rings. The normalized spacial score (nSPS) is 19.5. The fraction of sp³-hybridized carbons (Fsp3) is 0.348. The molecule has 0 atom stereocenters. The van der Waals surface area contributed by atoms with E-state index in [0.29, 0.717) is 0 Å². The summed E-state index contributed by atoms with van der Waals surface area (Å²) in [4.78, 5) is 39.3. The fourth-order valence-electron chi connectivity index (χ4n) is 4.42. The zero-order valence-electron chi connectivity index (χ0n) is 17.1. The van der Waals surface area contributed by atoms with E-state index in [1.165, 1.54) is 4.90 Å². The number of urea groups is 1. The summed E-state index contributed by atoms with van der Waals surface area (Å²) in [5.41, 5.74) is 3.70. The minimum Gasteiger partial charge on any atom is -0.318 e. The van der Waals surface area contributed by atoms with Crippen LogP contribution in [0.25, 0.3) is 11.8 Å². The Morgan fingerprint density at radius 1 is 1.03 bits per heavy atom. The van der Waals surface area contributed by atoms with Gasteiger partial charge in [0.25, 0.3) is 11.8 Å². The Kier molecular flexibility index (Phi) is 5.64. The van der Waals surface area contributed by atoms with Crippen LogP contribution in [0.5, 0.6) is 0 Å². The molecule has 0 bridgehead atoms. The lowest BCUT2D eigenvalue weighted by molar-refractivity contribution is -0.132. The highest BCUT2D eigenvalue weighted by Gasteiger charge is 2.40. The first kappa shape index (κ1) is 20.6. The van der Waals surface area contributed by atoms with Gasteiger partial charge in [-0.25, -0.2) is 4.79 Å². The third-order valence-electron chi connectivity index (χ3n) is 5.93. The summed E-state index contributed by atoms with van der Waals surface area (Å²) in [6.45, 7) is 3.94. The van der Waals surface area contributed by atoms with E-state index in [-0.39, 0.29) is 11.6 Å². The van der Waals surface area contributed by atoms with Gasteiger partial charge in [0.1, 0.15) is 5.57 Å². The van der Waals surface area contributed by atoms with Crippen molar-refractivity contribution in [1.82, 2.24) is 14.8 Å². The smallest absolute Gasteiger partial charge is 0.318 e. The van der Waals surface area contributed by atoms with E-state index in [4.69, 9.17) is 0 Å². The standard InChI is InChI=1S/C23H24BrN3O3/c1-14-12-16(15(2)26(14)19-10-8-17(24)9-11-19)13-20-21(28)25-23(30)27(22(20)29)18-6-4-3-5-7-18/h8-13,18H,3-7H2,1-2H3,(H,25,28,30)/b20-13+. The molecule has 0 spiro atoms. The predicted octanol–water partition coefficient (Wildman–Crippen LogP) is 4.65. The van der Waals surface area contributed by atoms with Crippen LogP contribution in [0.4, 0.5) is 4.79 Å². The molecule has 2 heterocycles. The van der Waals surface area contributed by atoms with Gasteiger partial charge in [-0.05, 0) is 68.7 Å². The lowest BCUT2D eigenvalue weighted by atomic mass is 9.93. The van der Waals surface area contributed by atoms with Gasteiger partial charge in [-0.2, -0.15) is 0 Å². The number of carbonyl (C=O) groups excluding carboxylic acids is 3. The van der Waals surface area contributed by atoms with Gasteiger partial charge in [0.05, 0.1) is 0 Å². The van der Waals surface area contributed by atoms with Crippen molar-refractivity contribution < 1.29 is 14.4 Å². The van der Waals surface area contributed by atoms with Gasteiger partial charge in [0, 0.05) is 27.6 Å². The SMILES string of the molecule is Cc1cc(/C=C2\C(=O)NC(=O)N(C3CCCCC3)C2=O)c(C)n1-c1ccc(Br)cc1. The largest absolute Gasteiger partial charge is 0.331 e. The second-order valence-electron chi connectivity index (χ2n) is 7.92. The van der Waals surface area contributed by atoms with E-state index in [2.05, 4.69) is 25.8 Å². The molecule has 30 heavy (non-hydrogen) atoms. The quantitative estimate of drug-likeness (QED) is 0.525. The number of rotatable bonds is 3. The van der Waals surface area contributed by atoms with Crippen molar-refractivity contribution in [2.75, 3.05) is 0 Å². The van der Waals surface area contributed by atoms with Gasteiger partial charge in [-0.1, -0.05) is 35.2 Å². The molecule has 156 valence electrons. The summed E-state index contributed by atoms with van der Waals surface area (Å²) in [6, 6.07) is 9.15. The number of amides is 4. The topological polar surface area (TPSA) is 71.4 Å². The molecular weight excluding hydrogens is 446 g/mol. The van der Waals surface area contributed by atoms with Crippen molar-refractivity contribution in [1.29, 1.82) is 0 Å². The number of benzene rings is 1. The molecule has 1 aliphatic heterocycles. The maximum absolute atomic E-state index is 13.1. The molecule has 4 rings (SSSR count). The summed E-state index contributed by atoms with van der Waals surface area (Å²) < 4.78 is 3.07. The van der Waals surface area contributed by atoms with Gasteiger partial charge in [0.2, 0.25) is 0 Å². The van der Waals surface area contributed by atoms with E-state index >= 15 is 0 Å². The fourth-order valence-corrected chi connectivity index (χ4v) is 4.68. The minimum absolute atomic E-state index is 0.0104. The zero-order chi connectivity index (χ0) is 21.4. The maximum Gasteiger partial charge on any atom is 0.331 e. The van der Waals surface area contributed by atoms with Crippen molar-refractivity contribution >= 4 is 39.9 Å². The van der Waals surface area contributed by atoms with Crippen LogP contribution in [-0.2, 0) is 9.59 Å². The van der Waals surface area contributed by atoms with Crippen molar-refractivity contribution in [3.8, 4) is 5.69 Å². The molecule has 1 aromatic carbocycles. The van der Waals surface area contributed by atoms with E-state index in [1.807, 2.05) is 44.2 Å². The summed E-state index contributed by atoms with van der Waals surface area (Å²) in [5, 5.41) is 2.35. The van der Waals surface area contributed by atoms with Crippen LogP contribution in [0.2, 0.25) is 0 Å². The second-order valence-corrected chi connectivity index (χ2v) is 8.84. The number of halogens is 1. The monoisotopic (exact) mass is 469 g/mol. The molecule has 6 nitrogen and oxygen atoms in total. The minimum atomic E-state index is -0.634. The van der Waals surface area contributed by atoms with Crippen molar-refractivity contribution in [3.05, 3.63) is 57.3 Å². The Morgan fingerprint density at radius 3 is 2.37 bits per heavy atom. The van der Waals surface area contributed by atoms with E-state index in [1.54, 1.807) is 6.08 Å². The molecule has 4 amide bonds. The molecule has 1 saturated heterocycles. The number of barbiturate groups is 1. The van der Waals surface area contributed by atoms with Crippen LogP contribution in [0.3, 0.4) is 0 Å². The Morgan fingerprint density at radius 2 is 1.70 bits per heavy atom. The van der Waals surface area contributed by atoms with Gasteiger partial charge in [-0.15, -0.1) is 0 Å². The van der Waals surface area contributed by atoms with Crippen molar-refractivity contribution in [2.45, 2.75) is 52.0 Å². The molecule has 0 unspecified atom stereocenters. The number of imide groups is 2. The van der Waals surface area contributed by atoms with Gasteiger partial charge >= 0.3 is 6.03 Å². The number of hydrogen-bond acceptors (Lipinski definition) is 3. The number of nitrogens with zero attached hydrogens (tertiary/aromatic N) is 2. The Hall–Kier alpha value is -2.67. The first-order valence-corrected chi connectivity index (χ1v) is 11.0. The molecule has 1 aromatic heterocycles. The highest BCUT2D eigenvalue weighted by Crippen LogP contribution is 2.28. The summed E-state index contributed by atoms with van der Waals surface area (Å²) in [5.74, 6) is -1.13. The van der Waals surface area contributed by atoms with Crippen LogP contribution < -0.4 is 5.32 Å². The van der Waals surface area contributed by atoms with E-state index in [0.717, 1.165) is 59.2 Å². The summed E-state index contributed by atoms with van der Waals surface area (Å²) in [7, 11) is 0. The number of hydrogen-bond donors (Lipinski definition) is 1. The maximum atomic E-state index is 13.1. The molecular formula is C23H24BrN3O3. The predicted molar refractivity (Wildman–Crippen MR) is 118 cm³/mol. The van der Waals surface area contributed by atoms with E-state index < -0.39 is 17.8 Å². The zero-order valence-corrected chi connectivity index (χ0v) is 18.7. The first-order chi connectivity index (χ1) is 14.4. The van der Waals surface area contributed by atoms with Gasteiger partial charge < -0.3 is 4.57 Å². The molecule has 0 radical (unpaired) electrons. The van der Waals surface area contributed by atoms with Gasteiger partial charge in [0.15, 0.2) is 0 Å². The Balaban J connectivity index is 1.70. The van der Waals surface area contributed by atoms with Crippen LogP contribution in [-0.4, -0.2) is 33.4 Å². The highest BCUT2D eigenvalue weighted by atomic mass is 79.9. The molecule has 2 aromatic rings. The third kappa shape index (κ3) is 3.74. The molecule has 1 aliphatic carbocycles. The summed E-state index contributed by atoms with van der Waals surface area (Å²) >= 11 is 3.45. The van der Waals surface area contributed by atoms with E-state index in [9.17, 15) is 14.4 Å². The number of aromatic nitrogens is 1. The van der Waals surface area contributed by atoms with Crippen molar-refractivity contribution in [2.24, 2.45) is 0 Å². The molecule has 2 fully saturated rings. The van der Waals surface area contributed by atoms with Crippen LogP contribution in [0, 0.1) is 13.8 Å². The number of nitrogens with one attached hydrogen (secondary N) is 1. The Bertz CT molecular complexity index is 1050. The first-order valence-electron chi connectivity index (χ1n) is 10.2. The Labute approximate surface area is 184 Å². The van der Waals surface area contributed by atoms with Crippen LogP contribution >= 0.6 is 15.9 Å².